The summed E-state index contributed by atoms with van der Waals surface area (Å²) < 4.78 is 33.2. The molecule has 5 heteroatoms. The van der Waals surface area contributed by atoms with Gasteiger partial charge in [0.25, 0.3) is 10.1 Å². The van der Waals surface area contributed by atoms with Crippen molar-refractivity contribution >= 4 is 15.7 Å². The number of benzene rings is 2. The van der Waals surface area contributed by atoms with E-state index in [2.05, 4.69) is 30.3 Å². The second-order valence-corrected chi connectivity index (χ2v) is 8.34. The van der Waals surface area contributed by atoms with Gasteiger partial charge in [-0.3, -0.25) is 4.18 Å². The first-order valence-electron chi connectivity index (χ1n) is 9.47. The van der Waals surface area contributed by atoms with Gasteiger partial charge in [-0.1, -0.05) is 73.2 Å². The molecule has 1 radical (unpaired) electrons. The van der Waals surface area contributed by atoms with E-state index in [9.17, 15) is 8.42 Å². The van der Waals surface area contributed by atoms with E-state index in [0.717, 1.165) is 25.5 Å². The summed E-state index contributed by atoms with van der Waals surface area (Å²) in [4.78, 5) is 0. The molecule has 0 fully saturated rings. The molecule has 2 aromatic rings. The van der Waals surface area contributed by atoms with Gasteiger partial charge in [0.2, 0.25) is 0 Å². The minimum Gasteiger partial charge on any atom is -0.373 e. The standard InChI is InChI=1S/C23H29O4S/c1-19(26-2)23(27-28(3,24)25)18-12-6-11-17-22(20-13-7-4-8-14-20)21-15-9-5-10-16-21/h4-5,7-10,13-17,23H,6,11-12,18H2,1-3H3. The first-order valence-corrected chi connectivity index (χ1v) is 11.3. The highest BCUT2D eigenvalue weighted by Crippen LogP contribution is 2.25. The molecule has 2 aromatic carbocycles. The van der Waals surface area contributed by atoms with Gasteiger partial charge in [0, 0.05) is 7.11 Å². The summed E-state index contributed by atoms with van der Waals surface area (Å²) in [7, 11) is -1.99. The van der Waals surface area contributed by atoms with Gasteiger partial charge in [-0.05, 0) is 42.9 Å². The predicted molar refractivity (Wildman–Crippen MR) is 114 cm³/mol. The summed E-state index contributed by atoms with van der Waals surface area (Å²) in [5, 5.41) is 0. The molecule has 4 nitrogen and oxygen atoms in total. The van der Waals surface area contributed by atoms with Crippen molar-refractivity contribution in [3.8, 4) is 0 Å². The van der Waals surface area contributed by atoms with Crippen LogP contribution in [0.2, 0.25) is 0 Å². The van der Waals surface area contributed by atoms with Crippen LogP contribution in [0.15, 0.2) is 66.7 Å². The number of unbranched alkanes of at least 4 members (excludes halogenated alkanes) is 2. The Labute approximate surface area is 169 Å². The molecule has 0 aliphatic carbocycles. The Kier molecular flexibility index (Phi) is 8.90. The van der Waals surface area contributed by atoms with Crippen molar-refractivity contribution in [1.29, 1.82) is 0 Å². The van der Waals surface area contributed by atoms with Gasteiger partial charge in [-0.25, -0.2) is 0 Å². The maximum atomic E-state index is 11.5. The van der Waals surface area contributed by atoms with Crippen LogP contribution < -0.4 is 0 Å². The van der Waals surface area contributed by atoms with Crippen molar-refractivity contribution in [3.63, 3.8) is 0 Å². The zero-order valence-electron chi connectivity index (χ0n) is 16.8. The normalized spacial score (nSPS) is 12.7. The molecule has 0 spiro atoms. The molecule has 0 amide bonds. The van der Waals surface area contributed by atoms with Gasteiger partial charge in [-0.2, -0.15) is 8.42 Å². The molecule has 0 aliphatic rings. The van der Waals surface area contributed by atoms with Gasteiger partial charge in [0.1, 0.15) is 12.2 Å². The maximum Gasteiger partial charge on any atom is 0.264 e. The van der Waals surface area contributed by atoms with E-state index in [-0.39, 0.29) is 0 Å². The molecular weight excluding hydrogens is 372 g/mol. The molecule has 2 rings (SSSR count). The van der Waals surface area contributed by atoms with E-state index in [0.29, 0.717) is 12.5 Å². The highest BCUT2D eigenvalue weighted by Gasteiger charge is 2.22. The highest BCUT2D eigenvalue weighted by molar-refractivity contribution is 7.86. The number of hydrogen-bond acceptors (Lipinski definition) is 4. The van der Waals surface area contributed by atoms with Crippen molar-refractivity contribution in [2.24, 2.45) is 0 Å². The zero-order valence-corrected chi connectivity index (χ0v) is 17.6. The van der Waals surface area contributed by atoms with Crippen LogP contribution in [0.25, 0.3) is 5.57 Å². The second kappa shape index (κ2) is 11.1. The number of hydrogen-bond donors (Lipinski definition) is 0. The van der Waals surface area contributed by atoms with E-state index in [1.807, 2.05) is 36.4 Å². The van der Waals surface area contributed by atoms with E-state index in [4.69, 9.17) is 8.92 Å². The lowest BCUT2D eigenvalue weighted by molar-refractivity contribution is 0.0890. The van der Waals surface area contributed by atoms with Crippen molar-refractivity contribution in [3.05, 3.63) is 84.0 Å². The summed E-state index contributed by atoms with van der Waals surface area (Å²) >= 11 is 0. The molecular formula is C23H29O4S. The third-order valence-corrected chi connectivity index (χ3v) is 5.09. The van der Waals surface area contributed by atoms with Gasteiger partial charge >= 0.3 is 0 Å². The summed E-state index contributed by atoms with van der Waals surface area (Å²) in [6, 6.07) is 20.7. The molecule has 0 aliphatic heterocycles. The lowest BCUT2D eigenvalue weighted by atomic mass is 9.96. The fraction of sp³-hybridized carbons (Fsp3) is 0.348. The lowest BCUT2D eigenvalue weighted by Crippen LogP contribution is -2.24. The topological polar surface area (TPSA) is 52.6 Å². The summed E-state index contributed by atoms with van der Waals surface area (Å²) in [5.74, 6) is 0. The number of methoxy groups -OCH3 is 1. The third kappa shape index (κ3) is 7.58. The quantitative estimate of drug-likeness (QED) is 0.382. The monoisotopic (exact) mass is 401 g/mol. The van der Waals surface area contributed by atoms with Crippen molar-refractivity contribution in [2.75, 3.05) is 13.4 Å². The van der Waals surface area contributed by atoms with Crippen LogP contribution in [0.1, 0.15) is 43.7 Å². The average molecular weight is 402 g/mol. The van der Waals surface area contributed by atoms with Crippen molar-refractivity contribution in [1.82, 2.24) is 0 Å². The summed E-state index contributed by atoms with van der Waals surface area (Å²) in [5.41, 5.74) is 3.59. The SMILES string of the molecule is CO[C](C)C(CCCCC=C(c1ccccc1)c1ccccc1)OS(C)(=O)=O. The number of rotatable bonds is 11. The van der Waals surface area contributed by atoms with Gasteiger partial charge in [0.15, 0.2) is 0 Å². The Balaban J connectivity index is 2.00. The van der Waals surface area contributed by atoms with Gasteiger partial charge in [0.05, 0.1) is 6.26 Å². The highest BCUT2D eigenvalue weighted by atomic mass is 32.2. The largest absolute Gasteiger partial charge is 0.373 e. The van der Waals surface area contributed by atoms with Crippen LogP contribution >= 0.6 is 0 Å². The third-order valence-electron chi connectivity index (χ3n) is 4.50. The van der Waals surface area contributed by atoms with Crippen LogP contribution in [0.3, 0.4) is 0 Å². The molecule has 0 saturated carbocycles. The number of ether oxygens (including phenoxy) is 1. The van der Waals surface area contributed by atoms with Crippen LogP contribution in [0.5, 0.6) is 0 Å². The Morgan fingerprint density at radius 3 is 1.96 bits per heavy atom. The fourth-order valence-corrected chi connectivity index (χ4v) is 3.67. The van der Waals surface area contributed by atoms with Crippen LogP contribution in [-0.2, 0) is 19.0 Å². The molecule has 0 saturated heterocycles. The Morgan fingerprint density at radius 1 is 0.964 bits per heavy atom. The van der Waals surface area contributed by atoms with Gasteiger partial charge < -0.3 is 4.74 Å². The average Bonchev–Trinajstić information content (AvgIpc) is 2.69. The van der Waals surface area contributed by atoms with E-state index < -0.39 is 16.2 Å². The van der Waals surface area contributed by atoms with E-state index >= 15 is 0 Å². The van der Waals surface area contributed by atoms with Crippen LogP contribution in [-0.4, -0.2) is 27.9 Å². The fourth-order valence-electron chi connectivity index (χ4n) is 3.02. The minimum atomic E-state index is -3.52. The first-order chi connectivity index (χ1) is 13.4. The summed E-state index contributed by atoms with van der Waals surface area (Å²) in [6.07, 6.45) is 6.64. The predicted octanol–water partition coefficient (Wildman–Crippen LogP) is 5.22. The first kappa shape index (κ1) is 22.3. The lowest BCUT2D eigenvalue weighted by Gasteiger charge is -2.20. The van der Waals surface area contributed by atoms with Crippen LogP contribution in [0, 0.1) is 6.10 Å². The molecule has 151 valence electrons. The summed E-state index contributed by atoms with van der Waals surface area (Å²) in [6.45, 7) is 1.75. The molecule has 0 aromatic heterocycles. The minimum absolute atomic E-state index is 0.535. The molecule has 0 N–H and O–H groups in total. The van der Waals surface area contributed by atoms with Crippen molar-refractivity contribution < 1.29 is 17.3 Å². The molecule has 0 bridgehead atoms. The smallest absolute Gasteiger partial charge is 0.264 e. The Bertz CT molecular complexity index is 788. The zero-order chi connectivity index (χ0) is 20.4. The molecule has 1 atom stereocenters. The molecule has 0 heterocycles. The second-order valence-electron chi connectivity index (χ2n) is 6.74. The Hall–Kier alpha value is -1.95. The maximum absolute atomic E-state index is 11.5. The van der Waals surface area contributed by atoms with Crippen LogP contribution in [0.4, 0.5) is 0 Å². The number of allylic oxidation sites excluding steroid dienone is 1. The van der Waals surface area contributed by atoms with Gasteiger partial charge in [-0.15, -0.1) is 0 Å². The Morgan fingerprint density at radius 2 is 1.50 bits per heavy atom. The van der Waals surface area contributed by atoms with E-state index in [1.165, 1.54) is 23.8 Å². The van der Waals surface area contributed by atoms with Crippen molar-refractivity contribution in [2.45, 2.75) is 38.7 Å². The molecule has 28 heavy (non-hydrogen) atoms. The molecule has 1 unspecified atom stereocenters. The van der Waals surface area contributed by atoms with E-state index in [1.54, 1.807) is 6.92 Å².